The van der Waals surface area contributed by atoms with Crippen LogP contribution in [0.4, 0.5) is 5.69 Å². The maximum Gasteiger partial charge on any atom is 0.243 e. The zero-order valence-electron chi connectivity index (χ0n) is 18.3. The van der Waals surface area contributed by atoms with Crippen LogP contribution >= 0.6 is 11.3 Å². The average molecular weight is 485 g/mol. The number of benzene rings is 2. The van der Waals surface area contributed by atoms with Crippen molar-refractivity contribution in [3.63, 3.8) is 0 Å². The molecule has 1 aromatic heterocycles. The predicted molar refractivity (Wildman–Crippen MR) is 127 cm³/mol. The first-order valence-corrected chi connectivity index (χ1v) is 13.0. The Labute approximate surface area is 197 Å². The molecule has 3 aromatic rings. The number of carbonyl (C=O) groups is 1. The van der Waals surface area contributed by atoms with Crippen LogP contribution in [0.2, 0.25) is 0 Å². The molecule has 172 valence electrons. The van der Waals surface area contributed by atoms with Crippen LogP contribution < -0.4 is 14.8 Å². The summed E-state index contributed by atoms with van der Waals surface area (Å²) in [6.45, 7) is 0.348. The van der Waals surface area contributed by atoms with Crippen molar-refractivity contribution in [1.82, 2.24) is 4.31 Å². The zero-order valence-corrected chi connectivity index (χ0v) is 20.0. The molecular formula is C24H24N2O5S2. The molecule has 0 bridgehead atoms. The second kappa shape index (κ2) is 8.48. The summed E-state index contributed by atoms with van der Waals surface area (Å²) in [5.41, 5.74) is 3.47. The lowest BCUT2D eigenvalue weighted by molar-refractivity contribution is -0.116. The van der Waals surface area contributed by atoms with E-state index < -0.39 is 16.1 Å². The lowest BCUT2D eigenvalue weighted by Crippen LogP contribution is -2.40. The Morgan fingerprint density at radius 3 is 2.52 bits per heavy atom. The van der Waals surface area contributed by atoms with E-state index in [0.29, 0.717) is 43.0 Å². The molecule has 2 aliphatic rings. The van der Waals surface area contributed by atoms with Gasteiger partial charge in [-0.1, -0.05) is 6.07 Å². The molecule has 3 heterocycles. The van der Waals surface area contributed by atoms with Crippen LogP contribution in [0, 0.1) is 0 Å². The van der Waals surface area contributed by atoms with Crippen molar-refractivity contribution in [2.24, 2.45) is 0 Å². The van der Waals surface area contributed by atoms with Crippen LogP contribution in [0.25, 0.3) is 0 Å². The smallest absolute Gasteiger partial charge is 0.243 e. The number of carbonyl (C=O) groups excluding carboxylic acids is 1. The first-order chi connectivity index (χ1) is 15.9. The summed E-state index contributed by atoms with van der Waals surface area (Å²) in [5.74, 6) is 1.16. The number of amides is 1. The number of nitrogens with zero attached hydrogens (tertiary/aromatic N) is 1. The number of hydrogen-bond donors (Lipinski definition) is 1. The number of sulfonamides is 1. The Balaban J connectivity index is 1.61. The van der Waals surface area contributed by atoms with E-state index in [4.69, 9.17) is 9.47 Å². The highest BCUT2D eigenvalue weighted by Gasteiger charge is 2.39. The molecule has 0 fully saturated rings. The quantitative estimate of drug-likeness (QED) is 0.592. The SMILES string of the molecule is COc1cc2c(cc1OC)[C@@H](c1cccs1)N(S(=O)(=O)c1ccc3c(c1)CCC(=O)N3)CC2. The molecular weight excluding hydrogens is 460 g/mol. The zero-order chi connectivity index (χ0) is 23.2. The first kappa shape index (κ1) is 21.9. The molecule has 1 amide bonds. The number of aryl methyl sites for hydroxylation is 1. The average Bonchev–Trinajstić information content (AvgIpc) is 3.36. The number of fused-ring (bicyclic) bond motifs is 2. The molecule has 5 rings (SSSR count). The molecule has 1 N–H and O–H groups in total. The summed E-state index contributed by atoms with van der Waals surface area (Å²) in [7, 11) is -0.634. The van der Waals surface area contributed by atoms with Crippen molar-refractivity contribution in [2.45, 2.75) is 30.2 Å². The van der Waals surface area contributed by atoms with Crippen molar-refractivity contribution in [1.29, 1.82) is 0 Å². The van der Waals surface area contributed by atoms with Gasteiger partial charge in [-0.15, -0.1) is 11.3 Å². The van der Waals surface area contributed by atoms with E-state index in [2.05, 4.69) is 5.32 Å². The Morgan fingerprint density at radius 2 is 1.79 bits per heavy atom. The van der Waals surface area contributed by atoms with Crippen molar-refractivity contribution >= 4 is 33.0 Å². The second-order valence-corrected chi connectivity index (χ2v) is 10.9. The van der Waals surface area contributed by atoms with E-state index in [1.54, 1.807) is 36.7 Å². The molecule has 9 heteroatoms. The predicted octanol–water partition coefficient (Wildman–Crippen LogP) is 3.99. The molecule has 1 atom stereocenters. The summed E-state index contributed by atoms with van der Waals surface area (Å²) in [5, 5.41) is 4.77. The molecule has 7 nitrogen and oxygen atoms in total. The van der Waals surface area contributed by atoms with Crippen LogP contribution in [0.1, 0.15) is 34.0 Å². The fourth-order valence-electron chi connectivity index (χ4n) is 4.58. The van der Waals surface area contributed by atoms with E-state index >= 15 is 0 Å². The minimum atomic E-state index is -3.81. The summed E-state index contributed by atoms with van der Waals surface area (Å²) in [6, 6.07) is 12.2. The fourth-order valence-corrected chi connectivity index (χ4v) is 7.14. The minimum absolute atomic E-state index is 0.0483. The monoisotopic (exact) mass is 484 g/mol. The number of rotatable bonds is 5. The fraction of sp³-hybridized carbons (Fsp3) is 0.292. The second-order valence-electron chi connectivity index (χ2n) is 8.06. The Morgan fingerprint density at radius 1 is 1.00 bits per heavy atom. The normalized spacial score (nSPS) is 18.2. The van der Waals surface area contributed by atoms with Gasteiger partial charge in [0, 0.05) is 23.5 Å². The maximum absolute atomic E-state index is 13.9. The molecule has 0 saturated carbocycles. The Hall–Kier alpha value is -2.88. The third-order valence-corrected chi connectivity index (χ3v) is 9.01. The van der Waals surface area contributed by atoms with Gasteiger partial charge in [-0.25, -0.2) is 8.42 Å². The van der Waals surface area contributed by atoms with Gasteiger partial charge >= 0.3 is 0 Å². The summed E-state index contributed by atoms with van der Waals surface area (Å²) < 4.78 is 40.4. The molecule has 33 heavy (non-hydrogen) atoms. The number of nitrogens with one attached hydrogen (secondary N) is 1. The highest BCUT2D eigenvalue weighted by molar-refractivity contribution is 7.89. The molecule has 0 unspecified atom stereocenters. The van der Waals surface area contributed by atoms with E-state index in [-0.39, 0.29) is 10.8 Å². The molecule has 0 aliphatic carbocycles. The highest BCUT2D eigenvalue weighted by atomic mass is 32.2. The number of anilines is 1. The molecule has 0 spiro atoms. The van der Waals surface area contributed by atoms with E-state index in [9.17, 15) is 13.2 Å². The van der Waals surface area contributed by atoms with Gasteiger partial charge in [0.1, 0.15) is 0 Å². The lowest BCUT2D eigenvalue weighted by atomic mass is 9.92. The third kappa shape index (κ3) is 3.80. The largest absolute Gasteiger partial charge is 0.493 e. The van der Waals surface area contributed by atoms with Gasteiger partial charge in [0.15, 0.2) is 11.5 Å². The van der Waals surface area contributed by atoms with Crippen LogP contribution in [-0.2, 0) is 27.7 Å². The topological polar surface area (TPSA) is 84.9 Å². The summed E-state index contributed by atoms with van der Waals surface area (Å²) in [4.78, 5) is 12.9. The van der Waals surface area contributed by atoms with Crippen LogP contribution in [0.3, 0.4) is 0 Å². The standard InChI is InChI=1S/C24H24N2O5S2/c1-30-20-13-15-9-10-26(24(22-4-3-11-32-22)18(15)14-21(20)31-2)33(28,29)17-6-7-19-16(12-17)5-8-23(27)25-19/h3-4,6-7,11-14,24H,5,8-10H2,1-2H3,(H,25,27)/t24-/m0/s1. The van der Waals surface area contributed by atoms with Crippen LogP contribution in [0.15, 0.2) is 52.7 Å². The third-order valence-electron chi connectivity index (χ3n) is 6.22. The van der Waals surface area contributed by atoms with Gasteiger partial charge in [0.25, 0.3) is 0 Å². The van der Waals surface area contributed by atoms with Crippen molar-refractivity contribution in [2.75, 3.05) is 26.1 Å². The first-order valence-electron chi connectivity index (χ1n) is 10.6. The van der Waals surface area contributed by atoms with E-state index in [1.807, 2.05) is 29.6 Å². The molecule has 0 radical (unpaired) electrons. The van der Waals surface area contributed by atoms with Crippen LogP contribution in [-0.4, -0.2) is 39.4 Å². The number of methoxy groups -OCH3 is 2. The highest BCUT2D eigenvalue weighted by Crippen LogP contribution is 2.44. The van der Waals surface area contributed by atoms with Crippen molar-refractivity contribution in [3.05, 3.63) is 69.4 Å². The minimum Gasteiger partial charge on any atom is -0.493 e. The maximum atomic E-state index is 13.9. The van der Waals surface area contributed by atoms with E-state index in [1.165, 1.54) is 11.3 Å². The lowest BCUT2D eigenvalue weighted by Gasteiger charge is -2.36. The molecule has 2 aliphatic heterocycles. The summed E-state index contributed by atoms with van der Waals surface area (Å²) in [6.07, 6.45) is 1.45. The number of ether oxygens (including phenoxy) is 2. The van der Waals surface area contributed by atoms with Crippen LogP contribution in [0.5, 0.6) is 11.5 Å². The van der Waals surface area contributed by atoms with Crippen molar-refractivity contribution < 1.29 is 22.7 Å². The Bertz CT molecular complexity index is 1320. The Kier molecular flexibility index (Phi) is 5.64. The molecule has 0 saturated heterocycles. The van der Waals surface area contributed by atoms with Gasteiger partial charge in [-0.05, 0) is 71.3 Å². The van der Waals surface area contributed by atoms with Crippen molar-refractivity contribution in [3.8, 4) is 11.5 Å². The van der Waals surface area contributed by atoms with Gasteiger partial charge in [0.2, 0.25) is 15.9 Å². The van der Waals surface area contributed by atoms with Gasteiger partial charge in [-0.3, -0.25) is 4.79 Å². The summed E-state index contributed by atoms with van der Waals surface area (Å²) >= 11 is 1.53. The van der Waals surface area contributed by atoms with Gasteiger partial charge in [0.05, 0.1) is 25.2 Å². The molecule has 2 aromatic carbocycles. The number of thiophene rings is 1. The van der Waals surface area contributed by atoms with Gasteiger partial charge in [-0.2, -0.15) is 4.31 Å². The number of hydrogen-bond acceptors (Lipinski definition) is 6. The van der Waals surface area contributed by atoms with E-state index in [0.717, 1.165) is 21.6 Å². The van der Waals surface area contributed by atoms with Gasteiger partial charge < -0.3 is 14.8 Å².